The molecule has 0 amide bonds. The average Bonchev–Trinajstić information content (AvgIpc) is 3.34. The van der Waals surface area contributed by atoms with Gasteiger partial charge in [0.2, 0.25) is 11.6 Å². The molecule has 0 N–H and O–H groups in total. The molecule has 0 bridgehead atoms. The van der Waals surface area contributed by atoms with E-state index in [0.717, 1.165) is 14.5 Å². The number of fused-ring (bicyclic) bond motifs is 2. The molecule has 11 nitrogen and oxygen atoms in total. The number of halogens is 1. The number of para-hydroxylation sites is 2. The fourth-order valence-corrected chi connectivity index (χ4v) is 4.15. The van der Waals surface area contributed by atoms with Crippen molar-refractivity contribution in [3.63, 3.8) is 0 Å². The van der Waals surface area contributed by atoms with E-state index in [2.05, 4.69) is 30.8 Å². The molecular weight excluding hydrogens is 560 g/mol. The zero-order valence-electron chi connectivity index (χ0n) is 19.7. The summed E-state index contributed by atoms with van der Waals surface area (Å²) < 4.78 is 17.8. The number of nitrogens with zero attached hydrogens (tertiary/aromatic N) is 4. The summed E-state index contributed by atoms with van der Waals surface area (Å²) in [5, 5.41) is 17.0. The highest BCUT2D eigenvalue weighted by Crippen LogP contribution is 2.31. The molecule has 5 aromatic rings. The zero-order chi connectivity index (χ0) is 26.8. The van der Waals surface area contributed by atoms with Crippen molar-refractivity contribution < 1.29 is 23.6 Å². The van der Waals surface area contributed by atoms with E-state index >= 15 is 0 Å². The Balaban J connectivity index is 1.68. The van der Waals surface area contributed by atoms with Gasteiger partial charge in [-0.15, -0.1) is 0 Å². The second kappa shape index (κ2) is 10.3. The van der Waals surface area contributed by atoms with Gasteiger partial charge in [-0.25, -0.2) is 9.78 Å². The van der Waals surface area contributed by atoms with Crippen molar-refractivity contribution in [2.75, 3.05) is 13.7 Å². The van der Waals surface area contributed by atoms with Crippen LogP contribution >= 0.6 is 15.9 Å². The van der Waals surface area contributed by atoms with Gasteiger partial charge >= 0.3 is 11.7 Å². The van der Waals surface area contributed by atoms with E-state index in [1.807, 2.05) is 12.1 Å². The van der Waals surface area contributed by atoms with Crippen LogP contribution in [0.4, 0.5) is 5.69 Å². The van der Waals surface area contributed by atoms with Gasteiger partial charge in [-0.1, -0.05) is 34.1 Å². The molecule has 0 spiro atoms. The number of methoxy groups -OCH3 is 1. The SMILES string of the molecule is COC(=O)COc1c(C=Nn2c(-c3cc4cc(Br)ccc4o3)nc3ccccc3c2=O)cccc1[N+](=O)[O-]. The van der Waals surface area contributed by atoms with Gasteiger partial charge in [0.15, 0.2) is 12.4 Å². The van der Waals surface area contributed by atoms with Gasteiger partial charge in [-0.2, -0.15) is 9.78 Å². The maximum absolute atomic E-state index is 13.5. The van der Waals surface area contributed by atoms with Gasteiger partial charge in [0.25, 0.3) is 5.56 Å². The van der Waals surface area contributed by atoms with E-state index in [1.54, 1.807) is 36.4 Å². The summed E-state index contributed by atoms with van der Waals surface area (Å²) >= 11 is 3.43. The number of carbonyl (C=O) groups is 1. The van der Waals surface area contributed by atoms with Crippen LogP contribution in [-0.4, -0.2) is 40.5 Å². The molecule has 12 heteroatoms. The van der Waals surface area contributed by atoms with Gasteiger partial charge in [0.1, 0.15) is 5.58 Å². The Morgan fingerprint density at radius 3 is 2.79 bits per heavy atom. The number of nitro benzene ring substituents is 1. The quantitative estimate of drug-likeness (QED) is 0.115. The molecule has 0 atom stereocenters. The average molecular weight is 577 g/mol. The molecule has 2 heterocycles. The normalized spacial score (nSPS) is 11.3. The van der Waals surface area contributed by atoms with E-state index < -0.39 is 23.1 Å². The Hall–Kier alpha value is -4.84. The molecule has 0 saturated heterocycles. The number of hydrogen-bond donors (Lipinski definition) is 0. The molecule has 0 radical (unpaired) electrons. The van der Waals surface area contributed by atoms with Crippen LogP contribution in [0.3, 0.4) is 0 Å². The second-order valence-electron chi connectivity index (χ2n) is 7.92. The Bertz CT molecular complexity index is 1810. The first kappa shape index (κ1) is 24.8. The Labute approximate surface area is 222 Å². The molecule has 0 aliphatic carbocycles. The van der Waals surface area contributed by atoms with Gasteiger partial charge in [0, 0.05) is 21.5 Å². The number of furan rings is 1. The smallest absolute Gasteiger partial charge is 0.343 e. The third-order valence-corrected chi connectivity index (χ3v) is 6.04. The van der Waals surface area contributed by atoms with Crippen LogP contribution in [0.25, 0.3) is 33.5 Å². The number of esters is 1. The summed E-state index contributed by atoms with van der Waals surface area (Å²) in [5.74, 6) is -0.512. The minimum absolute atomic E-state index is 0.125. The molecule has 0 saturated carbocycles. The molecule has 0 fully saturated rings. The van der Waals surface area contributed by atoms with Crippen molar-refractivity contribution >= 4 is 55.7 Å². The number of rotatable bonds is 7. The van der Waals surface area contributed by atoms with Crippen molar-refractivity contribution in [1.29, 1.82) is 0 Å². The monoisotopic (exact) mass is 576 g/mol. The maximum atomic E-state index is 13.5. The van der Waals surface area contributed by atoms with Crippen molar-refractivity contribution in [3.05, 3.63) is 97.2 Å². The summed E-state index contributed by atoms with van der Waals surface area (Å²) in [5.41, 5.74) is 0.315. The van der Waals surface area contributed by atoms with Crippen molar-refractivity contribution in [3.8, 4) is 17.3 Å². The Morgan fingerprint density at radius 2 is 2.00 bits per heavy atom. The van der Waals surface area contributed by atoms with E-state index in [0.29, 0.717) is 22.2 Å². The Morgan fingerprint density at radius 1 is 1.18 bits per heavy atom. The molecule has 2 aromatic heterocycles. The van der Waals surface area contributed by atoms with Gasteiger partial charge in [0.05, 0.1) is 29.2 Å². The van der Waals surface area contributed by atoms with E-state index in [9.17, 15) is 19.7 Å². The highest BCUT2D eigenvalue weighted by molar-refractivity contribution is 9.10. The first-order chi connectivity index (χ1) is 18.4. The van der Waals surface area contributed by atoms with Crippen LogP contribution in [0, 0.1) is 10.1 Å². The first-order valence-corrected chi connectivity index (χ1v) is 11.9. The lowest BCUT2D eigenvalue weighted by Crippen LogP contribution is -2.20. The zero-order valence-corrected chi connectivity index (χ0v) is 21.2. The third-order valence-electron chi connectivity index (χ3n) is 5.55. The maximum Gasteiger partial charge on any atom is 0.343 e. The molecule has 38 heavy (non-hydrogen) atoms. The highest BCUT2D eigenvalue weighted by Gasteiger charge is 2.21. The molecule has 190 valence electrons. The van der Waals surface area contributed by atoms with Crippen LogP contribution < -0.4 is 10.3 Å². The second-order valence-corrected chi connectivity index (χ2v) is 8.84. The van der Waals surface area contributed by atoms with Crippen LogP contribution in [-0.2, 0) is 9.53 Å². The number of benzene rings is 3. The van der Waals surface area contributed by atoms with Crippen molar-refractivity contribution in [2.45, 2.75) is 0 Å². The van der Waals surface area contributed by atoms with E-state index in [1.165, 1.54) is 31.5 Å². The standard InChI is InChI=1S/C26H17BrN4O7/c1-36-23(32)14-37-24-15(5-4-8-20(24)31(34)35)13-28-30-25(29-19-7-3-2-6-18(19)26(30)33)22-12-16-11-17(27)9-10-21(16)38-22/h2-13H,14H2,1H3. The van der Waals surface area contributed by atoms with Crippen molar-refractivity contribution in [2.24, 2.45) is 5.10 Å². The topological polar surface area (TPSA) is 139 Å². The fourth-order valence-electron chi connectivity index (χ4n) is 3.77. The van der Waals surface area contributed by atoms with Crippen LogP contribution in [0.2, 0.25) is 0 Å². The minimum atomic E-state index is -0.722. The number of hydrogen-bond acceptors (Lipinski definition) is 9. The minimum Gasteiger partial charge on any atom is -0.474 e. The predicted octanol–water partition coefficient (Wildman–Crippen LogP) is 4.91. The fraction of sp³-hybridized carbons (Fsp3) is 0.0769. The molecular formula is C26H17BrN4O7. The lowest BCUT2D eigenvalue weighted by molar-refractivity contribution is -0.385. The predicted molar refractivity (Wildman–Crippen MR) is 143 cm³/mol. The van der Waals surface area contributed by atoms with Crippen molar-refractivity contribution in [1.82, 2.24) is 9.66 Å². The number of nitro groups is 1. The van der Waals surface area contributed by atoms with Gasteiger partial charge in [-0.3, -0.25) is 14.9 Å². The number of aromatic nitrogens is 2. The molecule has 3 aromatic carbocycles. The molecule has 0 aliphatic heterocycles. The summed E-state index contributed by atoms with van der Waals surface area (Å²) in [7, 11) is 1.17. The van der Waals surface area contributed by atoms with E-state index in [-0.39, 0.29) is 22.8 Å². The Kier molecular flexibility index (Phi) is 6.71. The van der Waals surface area contributed by atoms with Crippen LogP contribution in [0.15, 0.2) is 85.5 Å². The largest absolute Gasteiger partial charge is 0.474 e. The van der Waals surface area contributed by atoms with Crippen LogP contribution in [0.1, 0.15) is 5.56 Å². The first-order valence-electron chi connectivity index (χ1n) is 11.1. The van der Waals surface area contributed by atoms with Gasteiger partial charge in [-0.05, 0) is 42.5 Å². The van der Waals surface area contributed by atoms with E-state index in [4.69, 9.17) is 9.15 Å². The third kappa shape index (κ3) is 4.76. The number of carbonyl (C=O) groups excluding carboxylic acids is 1. The summed E-state index contributed by atoms with van der Waals surface area (Å²) in [6.45, 7) is -0.556. The highest BCUT2D eigenvalue weighted by atomic mass is 79.9. The summed E-state index contributed by atoms with van der Waals surface area (Å²) in [4.78, 5) is 40.7. The molecule has 0 unspecified atom stereocenters. The lowest BCUT2D eigenvalue weighted by Gasteiger charge is -2.09. The lowest BCUT2D eigenvalue weighted by atomic mass is 10.2. The summed E-state index contributed by atoms with van der Waals surface area (Å²) in [6, 6.07) is 18.2. The van der Waals surface area contributed by atoms with Crippen LogP contribution in [0.5, 0.6) is 5.75 Å². The number of ether oxygens (including phenoxy) is 2. The van der Waals surface area contributed by atoms with Gasteiger partial charge < -0.3 is 13.9 Å². The molecule has 0 aliphatic rings. The summed E-state index contributed by atoms with van der Waals surface area (Å²) in [6.07, 6.45) is 1.22. The molecule has 5 rings (SSSR count).